The number of hydrogen-bond acceptors (Lipinski definition) is 5. The molecule has 1 aliphatic heterocycles. The predicted molar refractivity (Wildman–Crippen MR) is 156 cm³/mol. The standard InChI is InChI=1S/C33H35N3O4/c1-33(2,3)28-20-36(32(37)38)17-14-25-18-24(12-13-27(25)28)22-8-10-23(11-9-22)31-29(39-4)6-5-7-30(31)40-21-26-19-34-15-16-35-26/h5-13,15-16,18-19,28H,14,17,20-21H2,1-4H3,(H,37,38). The molecule has 1 aliphatic rings. The summed E-state index contributed by atoms with van der Waals surface area (Å²) in [4.78, 5) is 21.8. The highest BCUT2D eigenvalue weighted by molar-refractivity contribution is 5.79. The van der Waals surface area contributed by atoms with Gasteiger partial charge in [0.25, 0.3) is 0 Å². The quantitative estimate of drug-likeness (QED) is 0.283. The molecule has 1 aromatic heterocycles. The average Bonchev–Trinajstić information content (AvgIpc) is 3.16. The monoisotopic (exact) mass is 537 g/mol. The van der Waals surface area contributed by atoms with E-state index >= 15 is 0 Å². The molecule has 5 rings (SSSR count). The van der Waals surface area contributed by atoms with E-state index in [0.29, 0.717) is 31.9 Å². The molecule has 3 aromatic carbocycles. The van der Waals surface area contributed by atoms with Gasteiger partial charge < -0.3 is 19.5 Å². The second-order valence-corrected chi connectivity index (χ2v) is 11.2. The minimum atomic E-state index is -0.853. The van der Waals surface area contributed by atoms with E-state index in [0.717, 1.165) is 33.7 Å². The number of nitrogens with zero attached hydrogens (tertiary/aromatic N) is 3. The lowest BCUT2D eigenvalue weighted by Crippen LogP contribution is -2.36. The summed E-state index contributed by atoms with van der Waals surface area (Å²) in [5.74, 6) is 1.56. The summed E-state index contributed by atoms with van der Waals surface area (Å²) in [5, 5.41) is 9.73. The molecule has 7 nitrogen and oxygen atoms in total. The molecule has 0 saturated heterocycles. The van der Waals surface area contributed by atoms with Gasteiger partial charge in [0.15, 0.2) is 0 Å². The normalized spacial score (nSPS) is 15.2. The lowest BCUT2D eigenvalue weighted by Gasteiger charge is -2.33. The fourth-order valence-electron chi connectivity index (χ4n) is 5.39. The van der Waals surface area contributed by atoms with E-state index < -0.39 is 6.09 Å². The zero-order valence-electron chi connectivity index (χ0n) is 23.4. The summed E-state index contributed by atoms with van der Waals surface area (Å²) in [5.41, 5.74) is 7.22. The van der Waals surface area contributed by atoms with E-state index in [1.54, 1.807) is 30.6 Å². The SMILES string of the molecule is COc1cccc(OCc2cnccn2)c1-c1ccc(-c2ccc3c(c2)CCN(C(=O)O)CC3C(C)(C)C)cc1. The minimum absolute atomic E-state index is 0.0580. The molecule has 4 aromatic rings. The van der Waals surface area contributed by atoms with Crippen LogP contribution >= 0.6 is 0 Å². The maximum Gasteiger partial charge on any atom is 0.407 e. The van der Waals surface area contributed by atoms with Gasteiger partial charge in [0.2, 0.25) is 0 Å². The average molecular weight is 538 g/mol. The van der Waals surface area contributed by atoms with Gasteiger partial charge in [0, 0.05) is 31.4 Å². The van der Waals surface area contributed by atoms with Crippen LogP contribution in [0.1, 0.15) is 43.5 Å². The van der Waals surface area contributed by atoms with E-state index in [1.807, 2.05) is 18.2 Å². The van der Waals surface area contributed by atoms with Crippen LogP contribution in [0.2, 0.25) is 0 Å². The number of fused-ring (bicyclic) bond motifs is 1. The Bertz CT molecular complexity index is 1480. The highest BCUT2D eigenvalue weighted by Gasteiger charge is 2.33. The first-order chi connectivity index (χ1) is 19.2. The van der Waals surface area contributed by atoms with Gasteiger partial charge in [-0.15, -0.1) is 0 Å². The van der Waals surface area contributed by atoms with Gasteiger partial charge in [-0.1, -0.05) is 69.3 Å². The molecule has 7 heteroatoms. The van der Waals surface area contributed by atoms with Gasteiger partial charge in [-0.2, -0.15) is 0 Å². The molecule has 0 radical (unpaired) electrons. The Hall–Kier alpha value is -4.39. The van der Waals surface area contributed by atoms with Crippen molar-refractivity contribution in [1.82, 2.24) is 14.9 Å². The summed E-state index contributed by atoms with van der Waals surface area (Å²) in [7, 11) is 1.66. The van der Waals surface area contributed by atoms with Crippen molar-refractivity contribution in [2.24, 2.45) is 5.41 Å². The Morgan fingerprint density at radius 2 is 1.73 bits per heavy atom. The molecule has 1 atom stereocenters. The summed E-state index contributed by atoms with van der Waals surface area (Å²) >= 11 is 0. The molecule has 206 valence electrons. The number of ether oxygens (including phenoxy) is 2. The van der Waals surface area contributed by atoms with Gasteiger partial charge in [-0.25, -0.2) is 4.79 Å². The van der Waals surface area contributed by atoms with E-state index in [1.165, 1.54) is 11.1 Å². The molecule has 0 bridgehead atoms. The van der Waals surface area contributed by atoms with Crippen molar-refractivity contribution in [2.75, 3.05) is 20.2 Å². The third-order valence-electron chi connectivity index (χ3n) is 7.60. The molecular formula is C33H35N3O4. The van der Waals surface area contributed by atoms with Gasteiger partial charge >= 0.3 is 6.09 Å². The van der Waals surface area contributed by atoms with Crippen LogP contribution in [0.25, 0.3) is 22.3 Å². The second-order valence-electron chi connectivity index (χ2n) is 11.2. The van der Waals surface area contributed by atoms with Gasteiger partial charge in [-0.3, -0.25) is 9.97 Å². The Kier molecular flexibility index (Phi) is 7.74. The number of benzene rings is 3. The molecule has 0 spiro atoms. The van der Waals surface area contributed by atoms with Crippen LogP contribution in [0.4, 0.5) is 4.79 Å². The summed E-state index contributed by atoms with van der Waals surface area (Å²) < 4.78 is 11.8. The molecule has 1 amide bonds. The molecule has 0 aliphatic carbocycles. The fourth-order valence-corrected chi connectivity index (χ4v) is 5.39. The maximum atomic E-state index is 11.9. The van der Waals surface area contributed by atoms with E-state index in [9.17, 15) is 9.90 Å². The Morgan fingerprint density at radius 3 is 2.40 bits per heavy atom. The molecular weight excluding hydrogens is 502 g/mol. The fraction of sp³-hybridized carbons (Fsp3) is 0.303. The number of methoxy groups -OCH3 is 1. The molecule has 40 heavy (non-hydrogen) atoms. The smallest absolute Gasteiger partial charge is 0.407 e. The van der Waals surface area contributed by atoms with Crippen molar-refractivity contribution in [3.63, 3.8) is 0 Å². The lowest BCUT2D eigenvalue weighted by atomic mass is 9.74. The number of aromatic nitrogens is 2. The van der Waals surface area contributed by atoms with Crippen LogP contribution in [0.5, 0.6) is 11.5 Å². The number of amides is 1. The van der Waals surface area contributed by atoms with E-state index in [-0.39, 0.29) is 11.3 Å². The number of hydrogen-bond donors (Lipinski definition) is 1. The Labute approximate surface area is 235 Å². The van der Waals surface area contributed by atoms with Gasteiger partial charge in [0.05, 0.1) is 24.6 Å². The number of rotatable bonds is 6. The first-order valence-electron chi connectivity index (χ1n) is 13.5. The molecule has 0 saturated carbocycles. The first-order valence-corrected chi connectivity index (χ1v) is 13.5. The van der Waals surface area contributed by atoms with Crippen LogP contribution in [-0.2, 0) is 13.0 Å². The second kappa shape index (κ2) is 11.4. The van der Waals surface area contributed by atoms with Crippen LogP contribution in [0, 0.1) is 5.41 Å². The molecule has 2 heterocycles. The van der Waals surface area contributed by atoms with Crippen LogP contribution in [0.3, 0.4) is 0 Å². The van der Waals surface area contributed by atoms with Crippen molar-refractivity contribution in [3.8, 4) is 33.8 Å². The first kappa shape index (κ1) is 27.2. The van der Waals surface area contributed by atoms with Crippen molar-refractivity contribution < 1.29 is 19.4 Å². The van der Waals surface area contributed by atoms with Crippen molar-refractivity contribution in [2.45, 2.75) is 39.7 Å². The van der Waals surface area contributed by atoms with Crippen molar-refractivity contribution >= 4 is 6.09 Å². The summed E-state index contributed by atoms with van der Waals surface area (Å²) in [6.07, 6.45) is 4.83. The maximum absolute atomic E-state index is 11.9. The molecule has 0 fully saturated rings. The van der Waals surface area contributed by atoms with Crippen molar-refractivity contribution in [3.05, 3.63) is 96.1 Å². The Balaban J connectivity index is 1.44. The minimum Gasteiger partial charge on any atom is -0.496 e. The third-order valence-corrected chi connectivity index (χ3v) is 7.60. The van der Waals surface area contributed by atoms with Gasteiger partial charge in [-0.05, 0) is 51.8 Å². The number of carboxylic acid groups (broad SMARTS) is 1. The highest BCUT2D eigenvalue weighted by atomic mass is 16.5. The topological polar surface area (TPSA) is 84.8 Å². The molecule has 1 unspecified atom stereocenters. The van der Waals surface area contributed by atoms with Gasteiger partial charge in [0.1, 0.15) is 18.1 Å². The summed E-state index contributed by atoms with van der Waals surface area (Å²) in [6, 6.07) is 20.7. The largest absolute Gasteiger partial charge is 0.496 e. The van der Waals surface area contributed by atoms with E-state index in [2.05, 4.69) is 73.2 Å². The Morgan fingerprint density at radius 1 is 1.00 bits per heavy atom. The zero-order chi connectivity index (χ0) is 28.3. The van der Waals surface area contributed by atoms with Crippen molar-refractivity contribution in [1.29, 1.82) is 0 Å². The summed E-state index contributed by atoms with van der Waals surface area (Å²) in [6.45, 7) is 7.87. The zero-order valence-corrected chi connectivity index (χ0v) is 23.4. The predicted octanol–water partition coefficient (Wildman–Crippen LogP) is 7.06. The highest BCUT2D eigenvalue weighted by Crippen LogP contribution is 2.42. The molecule has 1 N–H and O–H groups in total. The third kappa shape index (κ3) is 5.78. The number of carbonyl (C=O) groups is 1. The van der Waals surface area contributed by atoms with Crippen LogP contribution in [-0.4, -0.2) is 46.3 Å². The van der Waals surface area contributed by atoms with E-state index in [4.69, 9.17) is 9.47 Å². The van der Waals surface area contributed by atoms with Crippen LogP contribution < -0.4 is 9.47 Å². The lowest BCUT2D eigenvalue weighted by molar-refractivity contribution is 0.135. The van der Waals surface area contributed by atoms with Crippen LogP contribution in [0.15, 0.2) is 79.3 Å².